The topological polar surface area (TPSA) is 43.3 Å². The van der Waals surface area contributed by atoms with Crippen LogP contribution < -0.4 is 5.73 Å². The third-order valence-electron chi connectivity index (χ3n) is 3.57. The van der Waals surface area contributed by atoms with Crippen molar-refractivity contribution in [2.45, 2.75) is 26.2 Å². The quantitative estimate of drug-likeness (QED) is 0.725. The van der Waals surface area contributed by atoms with Crippen molar-refractivity contribution in [1.29, 1.82) is 0 Å². The Morgan fingerprint density at radius 1 is 1.05 bits per heavy atom. The van der Waals surface area contributed by atoms with Crippen LogP contribution in [0.3, 0.4) is 0 Å². The molecule has 0 saturated carbocycles. The first kappa shape index (κ1) is 12.7. The van der Waals surface area contributed by atoms with Gasteiger partial charge in [-0.15, -0.1) is 0 Å². The normalized spacial score (nSPS) is 11.9. The van der Waals surface area contributed by atoms with E-state index in [0.717, 1.165) is 22.6 Å². The number of aromatic nitrogens is 2. The monoisotopic (exact) mass is 265 g/mol. The van der Waals surface area contributed by atoms with Crippen LogP contribution in [0, 0.1) is 0 Å². The number of pyridine rings is 1. The predicted octanol–water partition coefficient (Wildman–Crippen LogP) is 3.88. The summed E-state index contributed by atoms with van der Waals surface area (Å²) in [6.45, 7) is 6.65. The zero-order chi connectivity index (χ0) is 14.3. The number of hydrogen-bond acceptors (Lipinski definition) is 2. The molecule has 0 amide bonds. The van der Waals surface area contributed by atoms with E-state index in [1.165, 1.54) is 5.56 Å². The van der Waals surface area contributed by atoms with Gasteiger partial charge in [-0.1, -0.05) is 45.0 Å². The van der Waals surface area contributed by atoms with Crippen molar-refractivity contribution in [1.82, 2.24) is 9.38 Å². The number of nitrogens with zero attached hydrogens (tertiary/aromatic N) is 2. The molecule has 0 fully saturated rings. The van der Waals surface area contributed by atoms with Crippen LogP contribution in [0.1, 0.15) is 26.3 Å². The van der Waals surface area contributed by atoms with Crippen LogP contribution in [0.4, 0.5) is 5.69 Å². The van der Waals surface area contributed by atoms with Gasteiger partial charge in [-0.25, -0.2) is 4.98 Å². The fourth-order valence-corrected chi connectivity index (χ4v) is 2.35. The Balaban J connectivity index is 2.07. The van der Waals surface area contributed by atoms with Gasteiger partial charge in [-0.2, -0.15) is 0 Å². The van der Waals surface area contributed by atoms with Gasteiger partial charge in [0.2, 0.25) is 0 Å². The van der Waals surface area contributed by atoms with E-state index in [1.807, 2.05) is 24.5 Å². The zero-order valence-electron chi connectivity index (χ0n) is 12.1. The second-order valence-electron chi connectivity index (χ2n) is 6.16. The van der Waals surface area contributed by atoms with E-state index < -0.39 is 0 Å². The number of fused-ring (bicyclic) bond motifs is 1. The summed E-state index contributed by atoms with van der Waals surface area (Å²) in [7, 11) is 0. The molecule has 20 heavy (non-hydrogen) atoms. The van der Waals surface area contributed by atoms with Gasteiger partial charge in [0.15, 0.2) is 0 Å². The lowest BCUT2D eigenvalue weighted by Crippen LogP contribution is -2.10. The number of nitrogen functional groups attached to an aromatic ring is 1. The molecular formula is C17H19N3. The number of nitrogens with two attached hydrogens (primary N) is 1. The summed E-state index contributed by atoms with van der Waals surface area (Å²) in [5, 5.41) is 0. The summed E-state index contributed by atoms with van der Waals surface area (Å²) in [4.78, 5) is 4.51. The maximum absolute atomic E-state index is 5.80. The molecule has 0 unspecified atom stereocenters. The van der Waals surface area contributed by atoms with E-state index in [4.69, 9.17) is 5.73 Å². The first-order valence-electron chi connectivity index (χ1n) is 6.79. The highest BCUT2D eigenvalue weighted by Gasteiger charge is 2.14. The van der Waals surface area contributed by atoms with Crippen molar-refractivity contribution in [3.63, 3.8) is 0 Å². The average molecular weight is 265 g/mol. The SMILES string of the molecule is CC(C)(C)c1ccc(-c2ncc3cc(N)ccn23)cc1. The van der Waals surface area contributed by atoms with Crippen molar-refractivity contribution in [3.05, 3.63) is 54.4 Å². The zero-order valence-corrected chi connectivity index (χ0v) is 12.1. The molecule has 0 aliphatic carbocycles. The van der Waals surface area contributed by atoms with Gasteiger partial charge in [0, 0.05) is 17.4 Å². The van der Waals surface area contributed by atoms with Crippen LogP contribution in [0.25, 0.3) is 16.9 Å². The van der Waals surface area contributed by atoms with E-state index in [-0.39, 0.29) is 5.41 Å². The molecule has 0 aliphatic heterocycles. The smallest absolute Gasteiger partial charge is 0.144 e. The fraction of sp³-hybridized carbons (Fsp3) is 0.235. The predicted molar refractivity (Wildman–Crippen MR) is 83.7 cm³/mol. The van der Waals surface area contributed by atoms with Gasteiger partial charge < -0.3 is 5.73 Å². The van der Waals surface area contributed by atoms with Crippen LogP contribution >= 0.6 is 0 Å². The maximum Gasteiger partial charge on any atom is 0.144 e. The van der Waals surface area contributed by atoms with Gasteiger partial charge in [-0.3, -0.25) is 4.40 Å². The van der Waals surface area contributed by atoms with Crippen molar-refractivity contribution >= 4 is 11.2 Å². The highest BCUT2D eigenvalue weighted by Crippen LogP contribution is 2.26. The summed E-state index contributed by atoms with van der Waals surface area (Å²) in [6, 6.07) is 12.4. The first-order valence-corrected chi connectivity index (χ1v) is 6.79. The van der Waals surface area contributed by atoms with E-state index >= 15 is 0 Å². The second-order valence-corrected chi connectivity index (χ2v) is 6.16. The van der Waals surface area contributed by atoms with Gasteiger partial charge in [-0.05, 0) is 23.1 Å². The van der Waals surface area contributed by atoms with E-state index in [9.17, 15) is 0 Å². The third kappa shape index (κ3) is 2.16. The maximum atomic E-state index is 5.80. The van der Waals surface area contributed by atoms with Gasteiger partial charge >= 0.3 is 0 Å². The number of hydrogen-bond donors (Lipinski definition) is 1. The summed E-state index contributed by atoms with van der Waals surface area (Å²) < 4.78 is 2.06. The Bertz CT molecular complexity index is 746. The van der Waals surface area contributed by atoms with Crippen LogP contribution in [-0.4, -0.2) is 9.38 Å². The Morgan fingerprint density at radius 2 is 1.75 bits per heavy atom. The van der Waals surface area contributed by atoms with Gasteiger partial charge in [0.05, 0.1) is 11.7 Å². The van der Waals surface area contributed by atoms with Crippen LogP contribution in [0.5, 0.6) is 0 Å². The minimum Gasteiger partial charge on any atom is -0.399 e. The second kappa shape index (κ2) is 4.37. The van der Waals surface area contributed by atoms with Crippen LogP contribution in [0.15, 0.2) is 48.8 Å². The van der Waals surface area contributed by atoms with Crippen molar-refractivity contribution < 1.29 is 0 Å². The molecule has 102 valence electrons. The van der Waals surface area contributed by atoms with E-state index in [2.05, 4.69) is 54.4 Å². The molecule has 0 saturated heterocycles. The minimum absolute atomic E-state index is 0.168. The Labute approximate surface area is 119 Å². The van der Waals surface area contributed by atoms with Crippen molar-refractivity contribution in [2.75, 3.05) is 5.73 Å². The molecule has 0 radical (unpaired) electrons. The molecule has 3 aromatic rings. The van der Waals surface area contributed by atoms with E-state index in [1.54, 1.807) is 0 Å². The molecule has 2 N–H and O–H groups in total. The molecule has 3 nitrogen and oxygen atoms in total. The summed E-state index contributed by atoms with van der Waals surface area (Å²) in [5.74, 6) is 0.945. The average Bonchev–Trinajstić information content (AvgIpc) is 2.80. The van der Waals surface area contributed by atoms with Crippen molar-refractivity contribution in [2.24, 2.45) is 0 Å². The highest BCUT2D eigenvalue weighted by atomic mass is 15.0. The Hall–Kier alpha value is -2.29. The van der Waals surface area contributed by atoms with Gasteiger partial charge in [0.25, 0.3) is 0 Å². The van der Waals surface area contributed by atoms with Gasteiger partial charge in [0.1, 0.15) is 5.82 Å². The Morgan fingerprint density at radius 3 is 2.40 bits per heavy atom. The van der Waals surface area contributed by atoms with E-state index in [0.29, 0.717) is 0 Å². The lowest BCUT2D eigenvalue weighted by molar-refractivity contribution is 0.590. The molecule has 2 aromatic heterocycles. The number of anilines is 1. The molecular weight excluding hydrogens is 246 g/mol. The lowest BCUT2D eigenvalue weighted by atomic mass is 9.87. The molecule has 3 heteroatoms. The molecule has 0 atom stereocenters. The minimum atomic E-state index is 0.168. The first-order chi connectivity index (χ1) is 9.45. The third-order valence-corrected chi connectivity index (χ3v) is 3.57. The largest absolute Gasteiger partial charge is 0.399 e. The number of imidazole rings is 1. The standard InChI is InChI=1S/C17H19N3/c1-17(2,3)13-6-4-12(5-7-13)16-19-11-15-10-14(18)8-9-20(15)16/h4-11H,18H2,1-3H3. The van der Waals surface area contributed by atoms with Crippen LogP contribution in [-0.2, 0) is 5.41 Å². The fourth-order valence-electron chi connectivity index (χ4n) is 2.35. The Kier molecular flexibility index (Phi) is 2.78. The number of rotatable bonds is 1. The molecule has 1 aromatic carbocycles. The molecule has 3 rings (SSSR count). The summed E-state index contributed by atoms with van der Waals surface area (Å²) >= 11 is 0. The number of benzene rings is 1. The van der Waals surface area contributed by atoms with Crippen LogP contribution in [0.2, 0.25) is 0 Å². The molecule has 0 bridgehead atoms. The summed E-state index contributed by atoms with van der Waals surface area (Å²) in [6.07, 6.45) is 3.81. The molecule has 2 heterocycles. The summed E-state index contributed by atoms with van der Waals surface area (Å²) in [5.41, 5.74) is 10.2. The molecule has 0 aliphatic rings. The highest BCUT2D eigenvalue weighted by molar-refractivity contribution is 5.65. The molecule has 0 spiro atoms. The van der Waals surface area contributed by atoms with Crippen molar-refractivity contribution in [3.8, 4) is 11.4 Å². The lowest BCUT2D eigenvalue weighted by Gasteiger charge is -2.19.